The summed E-state index contributed by atoms with van der Waals surface area (Å²) in [5.74, 6) is 0.808. The van der Waals surface area contributed by atoms with Crippen LogP contribution in [-0.2, 0) is 4.79 Å². The van der Waals surface area contributed by atoms with E-state index in [0.717, 1.165) is 22.6 Å². The van der Waals surface area contributed by atoms with E-state index in [4.69, 9.17) is 11.6 Å². The minimum atomic E-state index is -0.129. The number of benzene rings is 3. The molecule has 1 amide bonds. The summed E-state index contributed by atoms with van der Waals surface area (Å²) < 4.78 is 1.99. The lowest BCUT2D eigenvalue weighted by Gasteiger charge is -2.12. The molecule has 4 aromatic rings. The Hall–Kier alpha value is -3.09. The van der Waals surface area contributed by atoms with E-state index < -0.39 is 0 Å². The summed E-state index contributed by atoms with van der Waals surface area (Å²) in [6.45, 7) is 6.03. The molecule has 0 unspecified atom stereocenters. The van der Waals surface area contributed by atoms with Crippen LogP contribution >= 0.6 is 23.4 Å². The second kappa shape index (κ2) is 9.59. The van der Waals surface area contributed by atoms with Crippen LogP contribution in [0.25, 0.3) is 17.1 Å². The van der Waals surface area contributed by atoms with E-state index in [2.05, 4.69) is 53.6 Å². The van der Waals surface area contributed by atoms with Crippen molar-refractivity contribution in [1.82, 2.24) is 14.8 Å². The first-order valence-corrected chi connectivity index (χ1v) is 11.6. The largest absolute Gasteiger partial charge is 0.325 e. The number of halogens is 1. The van der Waals surface area contributed by atoms with Crippen LogP contribution in [0.5, 0.6) is 0 Å². The number of rotatable bonds is 6. The summed E-state index contributed by atoms with van der Waals surface area (Å²) in [6, 6.07) is 21.8. The molecule has 3 aromatic carbocycles. The number of hydrogen-bond donors (Lipinski definition) is 1. The van der Waals surface area contributed by atoms with E-state index in [1.54, 1.807) is 12.1 Å². The smallest absolute Gasteiger partial charge is 0.234 e. The number of nitrogens with zero attached hydrogens (tertiary/aromatic N) is 3. The Bertz CT molecular complexity index is 1250. The van der Waals surface area contributed by atoms with Crippen molar-refractivity contribution in [3.63, 3.8) is 0 Å². The lowest BCUT2D eigenvalue weighted by Crippen LogP contribution is -2.15. The molecule has 7 heteroatoms. The summed E-state index contributed by atoms with van der Waals surface area (Å²) in [6.07, 6.45) is 0. The molecule has 1 aromatic heterocycles. The highest BCUT2D eigenvalue weighted by atomic mass is 35.5. The number of carbonyl (C=O) groups excluding carboxylic acids is 1. The average Bonchev–Trinajstić information content (AvgIpc) is 3.20. The highest BCUT2D eigenvalue weighted by Gasteiger charge is 2.17. The van der Waals surface area contributed by atoms with Crippen LogP contribution in [0.1, 0.15) is 16.7 Å². The maximum Gasteiger partial charge on any atom is 0.234 e. The van der Waals surface area contributed by atoms with Crippen molar-refractivity contribution in [2.24, 2.45) is 0 Å². The number of carbonyl (C=O) groups is 1. The first-order valence-electron chi connectivity index (χ1n) is 10.2. The molecule has 0 atom stereocenters. The van der Waals surface area contributed by atoms with Gasteiger partial charge >= 0.3 is 0 Å². The highest BCUT2D eigenvalue weighted by molar-refractivity contribution is 7.99. The first kappa shape index (κ1) is 22.1. The van der Waals surface area contributed by atoms with Gasteiger partial charge in [0.1, 0.15) is 0 Å². The predicted molar refractivity (Wildman–Crippen MR) is 132 cm³/mol. The Morgan fingerprint density at radius 2 is 1.59 bits per heavy atom. The van der Waals surface area contributed by atoms with Gasteiger partial charge in [0.25, 0.3) is 0 Å². The van der Waals surface area contributed by atoms with Crippen LogP contribution in [-0.4, -0.2) is 26.4 Å². The Morgan fingerprint density at radius 1 is 0.938 bits per heavy atom. The number of hydrogen-bond acceptors (Lipinski definition) is 4. The number of anilines is 1. The number of thioether (sulfide) groups is 1. The van der Waals surface area contributed by atoms with Gasteiger partial charge in [-0.3, -0.25) is 9.36 Å². The van der Waals surface area contributed by atoms with Gasteiger partial charge in [-0.05, 0) is 50.6 Å². The summed E-state index contributed by atoms with van der Waals surface area (Å²) in [5.41, 5.74) is 5.93. The van der Waals surface area contributed by atoms with Gasteiger partial charge in [-0.2, -0.15) is 0 Å². The third-order valence-electron chi connectivity index (χ3n) is 5.04. The number of aromatic nitrogens is 3. The Labute approximate surface area is 196 Å². The molecule has 0 aliphatic carbocycles. The van der Waals surface area contributed by atoms with Gasteiger partial charge in [-0.15, -0.1) is 10.2 Å². The van der Waals surface area contributed by atoms with Crippen LogP contribution in [0.15, 0.2) is 71.9 Å². The van der Waals surface area contributed by atoms with Crippen LogP contribution in [0.2, 0.25) is 5.02 Å². The fourth-order valence-corrected chi connectivity index (χ4v) is 4.15. The molecular formula is C25H23ClN4OS. The summed E-state index contributed by atoms with van der Waals surface area (Å²) >= 11 is 7.41. The lowest BCUT2D eigenvalue weighted by molar-refractivity contribution is -0.113. The van der Waals surface area contributed by atoms with E-state index in [9.17, 15) is 4.79 Å². The molecule has 0 fully saturated rings. The normalized spacial score (nSPS) is 10.9. The highest BCUT2D eigenvalue weighted by Crippen LogP contribution is 2.29. The quantitative estimate of drug-likeness (QED) is 0.344. The van der Waals surface area contributed by atoms with E-state index in [0.29, 0.717) is 15.9 Å². The Balaban J connectivity index is 1.60. The van der Waals surface area contributed by atoms with E-state index in [-0.39, 0.29) is 11.7 Å². The molecule has 162 valence electrons. The maximum atomic E-state index is 12.6. The molecule has 0 saturated heterocycles. The van der Waals surface area contributed by atoms with Crippen molar-refractivity contribution in [3.8, 4) is 17.1 Å². The van der Waals surface area contributed by atoms with Crippen LogP contribution in [0.4, 0.5) is 5.69 Å². The Kier molecular flexibility index (Phi) is 6.63. The van der Waals surface area contributed by atoms with Gasteiger partial charge < -0.3 is 5.32 Å². The zero-order valence-corrected chi connectivity index (χ0v) is 19.7. The van der Waals surface area contributed by atoms with Gasteiger partial charge in [0, 0.05) is 22.0 Å². The zero-order valence-electron chi connectivity index (χ0n) is 18.1. The van der Waals surface area contributed by atoms with Gasteiger partial charge in [-0.25, -0.2) is 0 Å². The summed E-state index contributed by atoms with van der Waals surface area (Å²) in [7, 11) is 0. The van der Waals surface area contributed by atoms with Crippen molar-refractivity contribution < 1.29 is 4.79 Å². The molecule has 0 bridgehead atoms. The molecule has 0 radical (unpaired) electrons. The molecule has 0 aliphatic rings. The third-order valence-corrected chi connectivity index (χ3v) is 6.21. The fraction of sp³-hybridized carbons (Fsp3) is 0.160. The molecule has 4 rings (SSSR count). The zero-order chi connectivity index (χ0) is 22.7. The average molecular weight is 463 g/mol. The van der Waals surface area contributed by atoms with Crippen molar-refractivity contribution >= 4 is 35.0 Å². The fourth-order valence-electron chi connectivity index (χ4n) is 3.22. The topological polar surface area (TPSA) is 59.8 Å². The summed E-state index contributed by atoms with van der Waals surface area (Å²) in [5, 5.41) is 13.0. The van der Waals surface area contributed by atoms with Crippen LogP contribution in [0.3, 0.4) is 0 Å². The van der Waals surface area contributed by atoms with E-state index in [1.807, 2.05) is 41.8 Å². The molecule has 1 N–H and O–H groups in total. The molecule has 1 heterocycles. The first-order chi connectivity index (χ1) is 15.4. The lowest BCUT2D eigenvalue weighted by atomic mass is 10.1. The number of aryl methyl sites for hydroxylation is 3. The maximum absolute atomic E-state index is 12.6. The minimum absolute atomic E-state index is 0.129. The Morgan fingerprint density at radius 3 is 2.28 bits per heavy atom. The number of nitrogens with one attached hydrogen (secondary N) is 1. The third kappa shape index (κ3) is 5.03. The minimum Gasteiger partial charge on any atom is -0.325 e. The second-order valence-electron chi connectivity index (χ2n) is 7.64. The van der Waals surface area contributed by atoms with Crippen molar-refractivity contribution in [3.05, 3.63) is 88.4 Å². The van der Waals surface area contributed by atoms with Gasteiger partial charge in [-0.1, -0.05) is 77.0 Å². The van der Waals surface area contributed by atoms with Crippen molar-refractivity contribution in [1.29, 1.82) is 0 Å². The van der Waals surface area contributed by atoms with E-state index >= 15 is 0 Å². The SMILES string of the molecule is Cc1ccc(-c2nnc(SCC(=O)Nc3cc(Cl)ccc3C)n2-c2ccc(C)cc2)cc1. The van der Waals surface area contributed by atoms with Crippen LogP contribution in [0, 0.1) is 20.8 Å². The van der Waals surface area contributed by atoms with Gasteiger partial charge in [0.05, 0.1) is 5.75 Å². The molecule has 32 heavy (non-hydrogen) atoms. The monoisotopic (exact) mass is 462 g/mol. The predicted octanol–water partition coefficient (Wildman–Crippen LogP) is 6.24. The van der Waals surface area contributed by atoms with Crippen LogP contribution < -0.4 is 5.32 Å². The van der Waals surface area contributed by atoms with Crippen molar-refractivity contribution in [2.75, 3.05) is 11.1 Å². The molecule has 0 spiro atoms. The van der Waals surface area contributed by atoms with Gasteiger partial charge in [0.2, 0.25) is 5.91 Å². The second-order valence-corrected chi connectivity index (χ2v) is 9.02. The molecular weight excluding hydrogens is 440 g/mol. The molecule has 0 aliphatic heterocycles. The van der Waals surface area contributed by atoms with Gasteiger partial charge in [0.15, 0.2) is 11.0 Å². The molecule has 5 nitrogen and oxygen atoms in total. The standard InChI is InChI=1S/C25H23ClN4OS/c1-16-4-9-19(10-5-16)24-28-29-25(30(24)21-12-6-17(2)7-13-21)32-15-23(31)27-22-14-20(26)11-8-18(22)3/h4-14H,15H2,1-3H3,(H,27,31). The molecule has 0 saturated carbocycles. The number of amides is 1. The van der Waals surface area contributed by atoms with Crippen molar-refractivity contribution in [2.45, 2.75) is 25.9 Å². The van der Waals surface area contributed by atoms with E-state index in [1.165, 1.54) is 22.9 Å². The summed E-state index contributed by atoms with van der Waals surface area (Å²) in [4.78, 5) is 12.6.